The normalized spacial score (nSPS) is 16.8. The Bertz CT molecular complexity index is 915. The quantitative estimate of drug-likeness (QED) is 0.745. The Morgan fingerprint density at radius 1 is 1.31 bits per heavy atom. The Balaban J connectivity index is 1.56. The van der Waals surface area contributed by atoms with E-state index in [1.165, 1.54) is 0 Å². The van der Waals surface area contributed by atoms with Gasteiger partial charge in [0.05, 0.1) is 11.7 Å². The Kier molecular flexibility index (Phi) is 4.20. The first-order valence-electron chi connectivity index (χ1n) is 8.74. The number of nitrogens with zero attached hydrogens (tertiary/aromatic N) is 3. The van der Waals surface area contributed by atoms with Gasteiger partial charge in [0.1, 0.15) is 11.6 Å². The average molecular weight is 351 g/mol. The Morgan fingerprint density at radius 2 is 2.12 bits per heavy atom. The number of rotatable bonds is 3. The van der Waals surface area contributed by atoms with Crippen LogP contribution in [0.1, 0.15) is 36.2 Å². The fourth-order valence-electron chi connectivity index (χ4n) is 3.42. The predicted molar refractivity (Wildman–Crippen MR) is 97.7 cm³/mol. The molecule has 7 nitrogen and oxygen atoms in total. The maximum absolute atomic E-state index is 12.7. The van der Waals surface area contributed by atoms with Crippen molar-refractivity contribution in [2.24, 2.45) is 0 Å². The van der Waals surface area contributed by atoms with Crippen LogP contribution in [0.25, 0.3) is 11.3 Å². The van der Waals surface area contributed by atoms with Crippen LogP contribution >= 0.6 is 0 Å². The molecule has 7 heteroatoms. The second-order valence-corrected chi connectivity index (χ2v) is 6.57. The van der Waals surface area contributed by atoms with Gasteiger partial charge in [0.25, 0.3) is 0 Å². The molecule has 0 saturated carbocycles. The summed E-state index contributed by atoms with van der Waals surface area (Å²) >= 11 is 0. The first-order valence-corrected chi connectivity index (χ1v) is 8.74. The second kappa shape index (κ2) is 6.67. The van der Waals surface area contributed by atoms with Crippen molar-refractivity contribution in [3.8, 4) is 11.3 Å². The molecular formula is C19H21N5O2. The maximum atomic E-state index is 12.7. The molecule has 134 valence electrons. The molecule has 3 heterocycles. The lowest BCUT2D eigenvalue weighted by molar-refractivity contribution is 0.205. The fraction of sp³-hybridized carbons (Fsp3) is 0.316. The van der Waals surface area contributed by atoms with Crippen LogP contribution in [0.3, 0.4) is 0 Å². The number of urea groups is 1. The lowest BCUT2D eigenvalue weighted by atomic mass is 10.1. The number of amides is 2. The molecule has 1 aliphatic rings. The van der Waals surface area contributed by atoms with Crippen LogP contribution in [-0.4, -0.2) is 32.6 Å². The smallest absolute Gasteiger partial charge is 0.323 e. The standard InChI is InChI=1S/C19H21N5O2/c1-12-11-16(23-26-12)21-19(25)24-10-6-9-15(24)18-20-13(2)17(22-18)14-7-4-3-5-8-14/h3-5,7-8,11,15H,6,9-10H2,1-2H3,(H,20,22)(H,21,23,25)/t15-/m1/s1. The van der Waals surface area contributed by atoms with Gasteiger partial charge in [0.15, 0.2) is 5.82 Å². The summed E-state index contributed by atoms with van der Waals surface area (Å²) in [6.07, 6.45) is 1.82. The lowest BCUT2D eigenvalue weighted by Gasteiger charge is -2.22. The largest absolute Gasteiger partial charge is 0.360 e. The predicted octanol–water partition coefficient (Wildman–Crippen LogP) is 4.05. The molecule has 1 aliphatic heterocycles. The van der Waals surface area contributed by atoms with Gasteiger partial charge in [-0.15, -0.1) is 0 Å². The minimum absolute atomic E-state index is 0.0702. The summed E-state index contributed by atoms with van der Waals surface area (Å²) < 4.78 is 5.01. The van der Waals surface area contributed by atoms with E-state index >= 15 is 0 Å². The van der Waals surface area contributed by atoms with Gasteiger partial charge in [0, 0.05) is 23.9 Å². The van der Waals surface area contributed by atoms with Crippen molar-refractivity contribution in [3.05, 3.63) is 53.7 Å². The van der Waals surface area contributed by atoms with Gasteiger partial charge >= 0.3 is 6.03 Å². The third-order valence-corrected chi connectivity index (χ3v) is 4.64. The Labute approximate surface area is 151 Å². The molecule has 2 N–H and O–H groups in total. The summed E-state index contributed by atoms with van der Waals surface area (Å²) in [5.41, 5.74) is 3.00. The molecule has 1 aromatic carbocycles. The van der Waals surface area contributed by atoms with E-state index in [1.807, 2.05) is 37.3 Å². The molecule has 0 aliphatic carbocycles. The summed E-state index contributed by atoms with van der Waals surface area (Å²) in [4.78, 5) is 22.6. The molecule has 1 fully saturated rings. The number of hydrogen-bond donors (Lipinski definition) is 2. The monoisotopic (exact) mass is 351 g/mol. The third kappa shape index (κ3) is 3.08. The lowest BCUT2D eigenvalue weighted by Crippen LogP contribution is -2.35. The average Bonchev–Trinajstić information content (AvgIpc) is 3.35. The number of anilines is 1. The van der Waals surface area contributed by atoms with Gasteiger partial charge in [-0.05, 0) is 26.7 Å². The number of aromatic amines is 1. The van der Waals surface area contributed by atoms with Crippen molar-refractivity contribution >= 4 is 11.8 Å². The highest BCUT2D eigenvalue weighted by atomic mass is 16.5. The first kappa shape index (κ1) is 16.4. The molecule has 4 rings (SSSR count). The van der Waals surface area contributed by atoms with Gasteiger partial charge in [-0.1, -0.05) is 35.5 Å². The molecule has 0 radical (unpaired) electrons. The van der Waals surface area contributed by atoms with E-state index in [4.69, 9.17) is 9.51 Å². The molecular weight excluding hydrogens is 330 g/mol. The molecule has 2 amide bonds. The van der Waals surface area contributed by atoms with E-state index in [0.717, 1.165) is 35.6 Å². The van der Waals surface area contributed by atoms with Crippen molar-refractivity contribution in [2.75, 3.05) is 11.9 Å². The number of imidazole rings is 1. The van der Waals surface area contributed by atoms with Crippen LogP contribution in [0.2, 0.25) is 0 Å². The number of benzene rings is 1. The number of aryl methyl sites for hydroxylation is 2. The third-order valence-electron chi connectivity index (χ3n) is 4.64. The van der Waals surface area contributed by atoms with Gasteiger partial charge in [-0.25, -0.2) is 9.78 Å². The molecule has 1 atom stereocenters. The van der Waals surface area contributed by atoms with E-state index in [1.54, 1.807) is 17.9 Å². The fourth-order valence-corrected chi connectivity index (χ4v) is 3.42. The summed E-state index contributed by atoms with van der Waals surface area (Å²) in [6, 6.07) is 11.5. The number of likely N-dealkylation sites (tertiary alicyclic amines) is 1. The molecule has 26 heavy (non-hydrogen) atoms. The summed E-state index contributed by atoms with van der Waals surface area (Å²) in [5, 5.41) is 6.62. The molecule has 0 unspecified atom stereocenters. The Hall–Kier alpha value is -3.09. The molecule has 0 bridgehead atoms. The van der Waals surface area contributed by atoms with E-state index in [9.17, 15) is 4.79 Å². The van der Waals surface area contributed by atoms with Crippen LogP contribution in [0.15, 0.2) is 40.9 Å². The van der Waals surface area contributed by atoms with Crippen LogP contribution in [0, 0.1) is 13.8 Å². The van der Waals surface area contributed by atoms with Gasteiger partial charge in [0.2, 0.25) is 0 Å². The van der Waals surface area contributed by atoms with Crippen LogP contribution in [0.4, 0.5) is 10.6 Å². The SMILES string of the molecule is Cc1cc(NC(=O)N2CCC[C@@H]2c2nc(-c3ccccc3)c(C)[nH]2)no1. The number of H-pyrrole nitrogens is 1. The molecule has 2 aromatic heterocycles. The van der Waals surface area contributed by atoms with E-state index < -0.39 is 0 Å². The highest BCUT2D eigenvalue weighted by Crippen LogP contribution is 2.33. The second-order valence-electron chi connectivity index (χ2n) is 6.57. The minimum atomic E-state index is -0.184. The number of nitrogens with one attached hydrogen (secondary N) is 2. The van der Waals surface area contributed by atoms with Crippen molar-refractivity contribution < 1.29 is 9.32 Å². The van der Waals surface area contributed by atoms with Crippen molar-refractivity contribution in [3.63, 3.8) is 0 Å². The number of carbonyl (C=O) groups excluding carboxylic acids is 1. The number of aromatic nitrogens is 3. The van der Waals surface area contributed by atoms with E-state index in [0.29, 0.717) is 18.1 Å². The van der Waals surface area contributed by atoms with E-state index in [2.05, 4.69) is 15.5 Å². The van der Waals surface area contributed by atoms with E-state index in [-0.39, 0.29) is 12.1 Å². The van der Waals surface area contributed by atoms with Crippen LogP contribution in [0.5, 0.6) is 0 Å². The van der Waals surface area contributed by atoms with Crippen molar-refractivity contribution in [1.29, 1.82) is 0 Å². The zero-order chi connectivity index (χ0) is 18.1. The number of hydrogen-bond acceptors (Lipinski definition) is 4. The Morgan fingerprint density at radius 3 is 2.85 bits per heavy atom. The minimum Gasteiger partial charge on any atom is -0.360 e. The van der Waals surface area contributed by atoms with Crippen LogP contribution in [-0.2, 0) is 0 Å². The van der Waals surface area contributed by atoms with Gasteiger partial charge in [-0.2, -0.15) is 0 Å². The highest BCUT2D eigenvalue weighted by Gasteiger charge is 2.33. The zero-order valence-corrected chi connectivity index (χ0v) is 14.8. The molecule has 3 aromatic rings. The van der Waals surface area contributed by atoms with Crippen LogP contribution < -0.4 is 5.32 Å². The first-order chi connectivity index (χ1) is 12.6. The summed E-state index contributed by atoms with van der Waals surface area (Å²) in [5.74, 6) is 1.91. The highest BCUT2D eigenvalue weighted by molar-refractivity contribution is 5.88. The van der Waals surface area contributed by atoms with Gasteiger partial charge in [-0.3, -0.25) is 5.32 Å². The topological polar surface area (TPSA) is 87.0 Å². The zero-order valence-electron chi connectivity index (χ0n) is 14.8. The number of carbonyl (C=O) groups is 1. The van der Waals surface area contributed by atoms with Gasteiger partial charge < -0.3 is 14.4 Å². The maximum Gasteiger partial charge on any atom is 0.323 e. The molecule has 0 spiro atoms. The van der Waals surface area contributed by atoms with Crippen molar-refractivity contribution in [2.45, 2.75) is 32.7 Å². The van der Waals surface area contributed by atoms with Crippen molar-refractivity contribution in [1.82, 2.24) is 20.0 Å². The summed E-state index contributed by atoms with van der Waals surface area (Å²) in [6.45, 7) is 4.49. The molecule has 1 saturated heterocycles. The summed E-state index contributed by atoms with van der Waals surface area (Å²) in [7, 11) is 0.